The number of esters is 1. The summed E-state index contributed by atoms with van der Waals surface area (Å²) in [5, 5.41) is 4.64. The average Bonchev–Trinajstić information content (AvgIpc) is 2.63. The van der Waals surface area contributed by atoms with Crippen molar-refractivity contribution < 1.29 is 23.5 Å². The molecule has 0 aromatic heterocycles. The van der Waals surface area contributed by atoms with Crippen molar-refractivity contribution in [1.29, 1.82) is 0 Å². The van der Waals surface area contributed by atoms with Crippen LogP contribution >= 0.6 is 11.6 Å². The van der Waals surface area contributed by atoms with Crippen LogP contribution in [0.4, 0.5) is 10.1 Å². The van der Waals surface area contributed by atoms with Gasteiger partial charge in [0.1, 0.15) is 11.5 Å². The quantitative estimate of drug-likeness (QED) is 0.586. The van der Waals surface area contributed by atoms with Gasteiger partial charge in [0.05, 0.1) is 5.02 Å². The molecule has 0 aliphatic heterocycles. The molecule has 0 radical (unpaired) electrons. The Morgan fingerprint density at radius 3 is 2.48 bits per heavy atom. The second-order valence-corrected chi connectivity index (χ2v) is 5.81. The van der Waals surface area contributed by atoms with Crippen molar-refractivity contribution in [3.05, 3.63) is 70.6 Å². The van der Waals surface area contributed by atoms with Crippen LogP contribution in [0.1, 0.15) is 12.5 Å². The average molecular weight is 391 g/mol. The predicted octanol–water partition coefficient (Wildman–Crippen LogP) is 3.14. The van der Waals surface area contributed by atoms with Gasteiger partial charge in [0.15, 0.2) is 6.61 Å². The van der Waals surface area contributed by atoms with Gasteiger partial charge >= 0.3 is 5.97 Å². The number of anilines is 1. The SMILES string of the molecule is CC(=O)N/C(=C/c1ccccc1)C(=O)OCC(=O)Nc1ccc(F)c(Cl)c1. The Morgan fingerprint density at radius 1 is 1.15 bits per heavy atom. The normalized spacial score (nSPS) is 10.9. The van der Waals surface area contributed by atoms with Gasteiger partial charge in [0.25, 0.3) is 5.91 Å². The lowest BCUT2D eigenvalue weighted by Gasteiger charge is -2.10. The van der Waals surface area contributed by atoms with Crippen molar-refractivity contribution in [2.75, 3.05) is 11.9 Å². The molecule has 0 saturated carbocycles. The van der Waals surface area contributed by atoms with E-state index < -0.39 is 30.2 Å². The monoisotopic (exact) mass is 390 g/mol. The molecule has 2 aromatic rings. The molecule has 0 atom stereocenters. The van der Waals surface area contributed by atoms with E-state index in [4.69, 9.17) is 16.3 Å². The van der Waals surface area contributed by atoms with Crippen molar-refractivity contribution in [2.45, 2.75) is 6.92 Å². The largest absolute Gasteiger partial charge is 0.451 e. The van der Waals surface area contributed by atoms with Crippen molar-refractivity contribution in [2.24, 2.45) is 0 Å². The summed E-state index contributed by atoms with van der Waals surface area (Å²) in [6.45, 7) is 0.649. The number of benzene rings is 2. The summed E-state index contributed by atoms with van der Waals surface area (Å²) in [5.74, 6) is -2.60. The first-order valence-corrected chi connectivity index (χ1v) is 8.19. The van der Waals surface area contributed by atoms with Crippen molar-refractivity contribution in [3.8, 4) is 0 Å². The minimum atomic E-state index is -0.874. The molecule has 8 heteroatoms. The van der Waals surface area contributed by atoms with Crippen LogP contribution in [0.3, 0.4) is 0 Å². The molecule has 6 nitrogen and oxygen atoms in total. The molecule has 2 amide bonds. The lowest BCUT2D eigenvalue weighted by Crippen LogP contribution is -2.28. The number of hydrogen-bond acceptors (Lipinski definition) is 4. The van der Waals surface area contributed by atoms with Gasteiger partial charge in [-0.3, -0.25) is 9.59 Å². The molecule has 2 N–H and O–H groups in total. The fourth-order valence-electron chi connectivity index (χ4n) is 2.03. The number of hydrogen-bond donors (Lipinski definition) is 2. The van der Waals surface area contributed by atoms with Gasteiger partial charge in [-0.05, 0) is 29.8 Å². The summed E-state index contributed by atoms with van der Waals surface area (Å²) in [7, 11) is 0. The fourth-order valence-corrected chi connectivity index (χ4v) is 2.21. The molecule has 27 heavy (non-hydrogen) atoms. The van der Waals surface area contributed by atoms with E-state index in [0.29, 0.717) is 5.56 Å². The number of rotatable bonds is 6. The lowest BCUT2D eigenvalue weighted by atomic mass is 10.2. The van der Waals surface area contributed by atoms with Crippen LogP contribution < -0.4 is 10.6 Å². The van der Waals surface area contributed by atoms with E-state index in [1.54, 1.807) is 30.3 Å². The predicted molar refractivity (Wildman–Crippen MR) is 99.2 cm³/mol. The Bertz CT molecular complexity index is 885. The Hall–Kier alpha value is -3.19. The summed E-state index contributed by atoms with van der Waals surface area (Å²) in [6.07, 6.45) is 1.43. The summed E-state index contributed by atoms with van der Waals surface area (Å²) in [6, 6.07) is 12.5. The van der Waals surface area contributed by atoms with E-state index in [1.807, 2.05) is 0 Å². The smallest absolute Gasteiger partial charge is 0.355 e. The fraction of sp³-hybridized carbons (Fsp3) is 0.105. The first kappa shape index (κ1) is 20.1. The van der Waals surface area contributed by atoms with E-state index in [2.05, 4.69) is 10.6 Å². The molecule has 0 unspecified atom stereocenters. The van der Waals surface area contributed by atoms with Crippen LogP contribution in [0.15, 0.2) is 54.2 Å². The van der Waals surface area contributed by atoms with Crippen LogP contribution in [-0.4, -0.2) is 24.4 Å². The zero-order valence-corrected chi connectivity index (χ0v) is 15.0. The van der Waals surface area contributed by atoms with Gasteiger partial charge in [-0.2, -0.15) is 0 Å². The highest BCUT2D eigenvalue weighted by Gasteiger charge is 2.15. The molecule has 0 saturated heterocycles. The standard InChI is InChI=1S/C19H16ClFN2O4/c1-12(24)22-17(9-13-5-3-2-4-6-13)19(26)27-11-18(25)23-14-7-8-16(21)15(20)10-14/h2-10H,11H2,1H3,(H,22,24)(H,23,25)/b17-9+. The molecule has 0 aliphatic rings. The Labute approximate surface area is 160 Å². The van der Waals surface area contributed by atoms with E-state index in [-0.39, 0.29) is 16.4 Å². The minimum absolute atomic E-state index is 0.105. The van der Waals surface area contributed by atoms with Gasteiger partial charge in [0, 0.05) is 12.6 Å². The summed E-state index contributed by atoms with van der Waals surface area (Å²) < 4.78 is 18.0. The first-order valence-electron chi connectivity index (χ1n) is 7.81. The van der Waals surface area contributed by atoms with E-state index in [1.165, 1.54) is 25.1 Å². The van der Waals surface area contributed by atoms with Gasteiger partial charge in [-0.25, -0.2) is 9.18 Å². The lowest BCUT2D eigenvalue weighted by molar-refractivity contribution is -0.144. The molecule has 0 spiro atoms. The van der Waals surface area contributed by atoms with Crippen LogP contribution in [0, 0.1) is 5.82 Å². The molecule has 140 valence electrons. The highest BCUT2D eigenvalue weighted by Crippen LogP contribution is 2.19. The molecule has 2 rings (SSSR count). The Morgan fingerprint density at radius 2 is 1.85 bits per heavy atom. The van der Waals surface area contributed by atoms with Crippen LogP contribution in [0.25, 0.3) is 6.08 Å². The maximum Gasteiger partial charge on any atom is 0.355 e. The van der Waals surface area contributed by atoms with Crippen molar-refractivity contribution >= 4 is 41.1 Å². The number of nitrogens with one attached hydrogen (secondary N) is 2. The molecule has 2 aromatic carbocycles. The van der Waals surface area contributed by atoms with Crippen molar-refractivity contribution in [1.82, 2.24) is 5.32 Å². The third kappa shape index (κ3) is 6.56. The zero-order chi connectivity index (χ0) is 19.8. The van der Waals surface area contributed by atoms with Gasteiger partial charge in [-0.1, -0.05) is 41.9 Å². The highest BCUT2D eigenvalue weighted by molar-refractivity contribution is 6.31. The number of halogens is 2. The maximum atomic E-state index is 13.1. The van der Waals surface area contributed by atoms with Crippen LogP contribution in [0.2, 0.25) is 5.02 Å². The molecule has 0 fully saturated rings. The number of carbonyl (C=O) groups is 3. The van der Waals surface area contributed by atoms with Crippen LogP contribution in [-0.2, 0) is 19.1 Å². The Kier molecular flexibility index (Phi) is 7.08. The molecule has 0 heterocycles. The molecular weight excluding hydrogens is 375 g/mol. The zero-order valence-electron chi connectivity index (χ0n) is 14.3. The second-order valence-electron chi connectivity index (χ2n) is 5.40. The molecule has 0 aliphatic carbocycles. The highest BCUT2D eigenvalue weighted by atomic mass is 35.5. The summed E-state index contributed by atoms with van der Waals surface area (Å²) >= 11 is 5.63. The third-order valence-electron chi connectivity index (χ3n) is 3.18. The van der Waals surface area contributed by atoms with E-state index in [0.717, 1.165) is 6.07 Å². The van der Waals surface area contributed by atoms with E-state index >= 15 is 0 Å². The summed E-state index contributed by atoms with van der Waals surface area (Å²) in [4.78, 5) is 35.4. The first-order chi connectivity index (χ1) is 12.8. The second kappa shape index (κ2) is 9.49. The minimum Gasteiger partial charge on any atom is -0.451 e. The Balaban J connectivity index is 2.00. The number of ether oxygens (including phenoxy) is 1. The third-order valence-corrected chi connectivity index (χ3v) is 3.47. The van der Waals surface area contributed by atoms with Gasteiger partial charge in [0.2, 0.25) is 5.91 Å². The molecule has 0 bridgehead atoms. The molecular formula is C19H16ClFN2O4. The topological polar surface area (TPSA) is 84.5 Å². The van der Waals surface area contributed by atoms with Crippen molar-refractivity contribution in [3.63, 3.8) is 0 Å². The number of carbonyl (C=O) groups excluding carboxylic acids is 3. The van der Waals surface area contributed by atoms with Gasteiger partial charge in [-0.15, -0.1) is 0 Å². The van der Waals surface area contributed by atoms with Gasteiger partial charge < -0.3 is 15.4 Å². The maximum absolute atomic E-state index is 13.1. The summed E-state index contributed by atoms with van der Waals surface area (Å²) in [5.41, 5.74) is 0.819. The van der Waals surface area contributed by atoms with Crippen LogP contribution in [0.5, 0.6) is 0 Å². The van der Waals surface area contributed by atoms with E-state index in [9.17, 15) is 18.8 Å². The number of amides is 2.